The first kappa shape index (κ1) is 14.7. The molecule has 0 aliphatic heterocycles. The summed E-state index contributed by atoms with van der Waals surface area (Å²) >= 11 is 0. The number of nitrogens with zero attached hydrogens (tertiary/aromatic N) is 5. The molecule has 0 spiro atoms. The zero-order valence-corrected chi connectivity index (χ0v) is 13.6. The second kappa shape index (κ2) is 5.63. The number of rotatable bonds is 5. The molecule has 0 aromatic carbocycles. The van der Waals surface area contributed by atoms with Crippen LogP contribution in [-0.4, -0.2) is 30.6 Å². The van der Waals surface area contributed by atoms with Gasteiger partial charge in [0, 0.05) is 19.2 Å². The number of imidazole rings is 1. The smallest absolute Gasteiger partial charge is 0.217 e. The highest BCUT2D eigenvalue weighted by Crippen LogP contribution is 2.35. The first-order chi connectivity index (χ1) is 11.6. The van der Waals surface area contributed by atoms with Gasteiger partial charge in [-0.15, -0.1) is 0 Å². The number of anilines is 3. The number of aromatic nitrogens is 5. The molecule has 3 aromatic heterocycles. The molecule has 8 nitrogen and oxygen atoms in total. The topological polar surface area (TPSA) is 104 Å². The lowest BCUT2D eigenvalue weighted by Crippen LogP contribution is -2.15. The predicted octanol–water partition coefficient (Wildman–Crippen LogP) is 2.26. The third-order valence-corrected chi connectivity index (χ3v) is 4.19. The number of aryl methyl sites for hydroxylation is 1. The molecule has 0 amide bonds. The van der Waals surface area contributed by atoms with Crippen molar-refractivity contribution in [3.05, 3.63) is 24.8 Å². The van der Waals surface area contributed by atoms with E-state index in [1.807, 2.05) is 17.7 Å². The third-order valence-electron chi connectivity index (χ3n) is 4.19. The molecule has 124 valence electrons. The van der Waals surface area contributed by atoms with Crippen LogP contribution in [-0.2, 0) is 7.05 Å². The van der Waals surface area contributed by atoms with Crippen LogP contribution in [0.15, 0.2) is 24.8 Å². The van der Waals surface area contributed by atoms with E-state index < -0.39 is 0 Å². The lowest BCUT2D eigenvalue weighted by Gasteiger charge is -2.14. The van der Waals surface area contributed by atoms with Crippen molar-refractivity contribution in [2.45, 2.75) is 25.9 Å². The van der Waals surface area contributed by atoms with E-state index in [-0.39, 0.29) is 6.10 Å². The van der Waals surface area contributed by atoms with E-state index in [4.69, 9.17) is 10.5 Å². The number of nitrogens with one attached hydrogen (secondary N) is 1. The van der Waals surface area contributed by atoms with Crippen LogP contribution in [0.4, 0.5) is 17.3 Å². The Hall–Kier alpha value is -2.90. The van der Waals surface area contributed by atoms with E-state index in [1.54, 1.807) is 12.4 Å². The molecule has 1 fully saturated rings. The van der Waals surface area contributed by atoms with Crippen molar-refractivity contribution >= 4 is 28.5 Å². The molecule has 1 saturated carbocycles. The van der Waals surface area contributed by atoms with Crippen LogP contribution in [0.2, 0.25) is 0 Å². The number of hydrogen-bond donors (Lipinski definition) is 2. The standard InChI is InChI=1S/C16H19N7O/c1-9(10-3-4-10)24-14-5-11(15-16(22-14)23(2)8-20-15)21-13-6-12(17)18-7-19-13/h5-10H,3-4H2,1-2H3,(H3,17,18,19,21,22). The number of ether oxygens (including phenoxy) is 1. The van der Waals surface area contributed by atoms with Crippen molar-refractivity contribution < 1.29 is 4.74 Å². The largest absolute Gasteiger partial charge is 0.474 e. The minimum absolute atomic E-state index is 0.158. The van der Waals surface area contributed by atoms with E-state index >= 15 is 0 Å². The van der Waals surface area contributed by atoms with Gasteiger partial charge in [0.2, 0.25) is 5.88 Å². The summed E-state index contributed by atoms with van der Waals surface area (Å²) in [6.07, 6.45) is 5.75. The normalized spacial score (nSPS) is 15.4. The first-order valence-electron chi connectivity index (χ1n) is 7.93. The second-order valence-electron chi connectivity index (χ2n) is 6.15. The number of nitrogen functional groups attached to an aromatic ring is 1. The average Bonchev–Trinajstić information content (AvgIpc) is 3.33. The number of hydrogen-bond acceptors (Lipinski definition) is 7. The Morgan fingerprint density at radius 3 is 2.88 bits per heavy atom. The number of fused-ring (bicyclic) bond motifs is 1. The van der Waals surface area contributed by atoms with Gasteiger partial charge in [0.1, 0.15) is 29.6 Å². The van der Waals surface area contributed by atoms with Crippen molar-refractivity contribution in [3.63, 3.8) is 0 Å². The summed E-state index contributed by atoms with van der Waals surface area (Å²) in [6, 6.07) is 3.52. The maximum absolute atomic E-state index is 6.02. The lowest BCUT2D eigenvalue weighted by atomic mass is 10.2. The van der Waals surface area contributed by atoms with Crippen molar-refractivity contribution in [2.75, 3.05) is 11.1 Å². The van der Waals surface area contributed by atoms with E-state index in [0.29, 0.717) is 23.4 Å². The molecule has 1 atom stereocenters. The van der Waals surface area contributed by atoms with Gasteiger partial charge in [-0.1, -0.05) is 0 Å². The van der Waals surface area contributed by atoms with Crippen LogP contribution < -0.4 is 15.8 Å². The maximum atomic E-state index is 6.02. The van der Waals surface area contributed by atoms with Crippen LogP contribution in [0.5, 0.6) is 5.88 Å². The van der Waals surface area contributed by atoms with Crippen molar-refractivity contribution in [3.8, 4) is 5.88 Å². The van der Waals surface area contributed by atoms with Gasteiger partial charge in [0.25, 0.3) is 0 Å². The minimum atomic E-state index is 0.158. The SMILES string of the molecule is CC(Oc1cc(Nc2cc(N)ncn2)c2ncn(C)c2n1)C1CC1. The monoisotopic (exact) mass is 325 g/mol. The van der Waals surface area contributed by atoms with Crippen LogP contribution >= 0.6 is 0 Å². The van der Waals surface area contributed by atoms with E-state index in [1.165, 1.54) is 19.2 Å². The van der Waals surface area contributed by atoms with Gasteiger partial charge in [-0.3, -0.25) is 0 Å². The molecular formula is C16H19N7O. The molecule has 24 heavy (non-hydrogen) atoms. The van der Waals surface area contributed by atoms with Gasteiger partial charge in [-0.05, 0) is 25.7 Å². The Morgan fingerprint density at radius 1 is 1.29 bits per heavy atom. The summed E-state index contributed by atoms with van der Waals surface area (Å²) in [6.45, 7) is 2.09. The maximum Gasteiger partial charge on any atom is 0.217 e. The summed E-state index contributed by atoms with van der Waals surface area (Å²) in [7, 11) is 1.91. The molecule has 1 unspecified atom stereocenters. The molecule has 3 aromatic rings. The van der Waals surface area contributed by atoms with Crippen LogP contribution in [0, 0.1) is 5.92 Å². The van der Waals surface area contributed by atoms with Crippen LogP contribution in [0.1, 0.15) is 19.8 Å². The Labute approximate surface area is 139 Å². The number of nitrogens with two attached hydrogens (primary N) is 1. The van der Waals surface area contributed by atoms with Gasteiger partial charge in [-0.2, -0.15) is 4.98 Å². The van der Waals surface area contributed by atoms with Gasteiger partial charge in [-0.25, -0.2) is 15.0 Å². The fourth-order valence-corrected chi connectivity index (χ4v) is 2.66. The fourth-order valence-electron chi connectivity index (χ4n) is 2.66. The van der Waals surface area contributed by atoms with Crippen molar-refractivity contribution in [1.82, 2.24) is 24.5 Å². The van der Waals surface area contributed by atoms with E-state index in [2.05, 4.69) is 32.2 Å². The van der Waals surface area contributed by atoms with Crippen LogP contribution in [0.3, 0.4) is 0 Å². The van der Waals surface area contributed by atoms with Crippen molar-refractivity contribution in [1.29, 1.82) is 0 Å². The first-order valence-corrected chi connectivity index (χ1v) is 7.93. The Balaban J connectivity index is 1.71. The fraction of sp³-hybridized carbons (Fsp3) is 0.375. The lowest BCUT2D eigenvalue weighted by molar-refractivity contribution is 0.190. The molecule has 8 heteroatoms. The average molecular weight is 325 g/mol. The third kappa shape index (κ3) is 2.82. The molecular weight excluding hydrogens is 306 g/mol. The highest BCUT2D eigenvalue weighted by atomic mass is 16.5. The van der Waals surface area contributed by atoms with Gasteiger partial charge in [0.05, 0.1) is 12.0 Å². The zero-order chi connectivity index (χ0) is 16.7. The van der Waals surface area contributed by atoms with Gasteiger partial charge in [0.15, 0.2) is 5.65 Å². The summed E-state index contributed by atoms with van der Waals surface area (Å²) in [5.41, 5.74) is 7.99. The Kier molecular flexibility index (Phi) is 3.44. The summed E-state index contributed by atoms with van der Waals surface area (Å²) in [4.78, 5) is 17.1. The minimum Gasteiger partial charge on any atom is -0.474 e. The van der Waals surface area contributed by atoms with Gasteiger partial charge >= 0.3 is 0 Å². The summed E-state index contributed by atoms with van der Waals surface area (Å²) in [5, 5.41) is 3.23. The van der Waals surface area contributed by atoms with Gasteiger partial charge < -0.3 is 20.4 Å². The molecule has 1 aliphatic rings. The molecule has 3 N–H and O–H groups in total. The zero-order valence-electron chi connectivity index (χ0n) is 13.6. The highest BCUT2D eigenvalue weighted by molar-refractivity contribution is 5.88. The number of pyridine rings is 1. The molecule has 0 bridgehead atoms. The molecule has 0 saturated heterocycles. The second-order valence-corrected chi connectivity index (χ2v) is 6.15. The van der Waals surface area contributed by atoms with Crippen LogP contribution in [0.25, 0.3) is 11.2 Å². The van der Waals surface area contributed by atoms with E-state index in [0.717, 1.165) is 16.9 Å². The van der Waals surface area contributed by atoms with Crippen molar-refractivity contribution in [2.24, 2.45) is 13.0 Å². The van der Waals surface area contributed by atoms with E-state index in [9.17, 15) is 0 Å². The Morgan fingerprint density at radius 2 is 2.12 bits per heavy atom. The molecule has 1 aliphatic carbocycles. The molecule has 0 radical (unpaired) electrons. The summed E-state index contributed by atoms with van der Waals surface area (Å²) < 4.78 is 7.89. The molecule has 3 heterocycles. The quantitative estimate of drug-likeness (QED) is 0.741. The predicted molar refractivity (Wildman–Crippen MR) is 91.1 cm³/mol. The summed E-state index contributed by atoms with van der Waals surface area (Å²) in [5.74, 6) is 2.21. The molecule has 4 rings (SSSR count). The Bertz CT molecular complexity index is 887. The highest BCUT2D eigenvalue weighted by Gasteiger charge is 2.30.